The molecule has 0 aliphatic carbocycles. The SMILES string of the molecule is COc1cc(/C=N\NC(=O)c2ccccc2-n2cccc2)ccc1OCc1cccc2ccccc12. The molecule has 1 heterocycles. The summed E-state index contributed by atoms with van der Waals surface area (Å²) in [5, 5.41) is 6.48. The molecule has 0 atom stereocenters. The normalized spacial score (nSPS) is 11.0. The van der Waals surface area contributed by atoms with Crippen LogP contribution in [-0.4, -0.2) is 23.8 Å². The zero-order valence-corrected chi connectivity index (χ0v) is 19.8. The fourth-order valence-electron chi connectivity index (χ4n) is 4.07. The number of carbonyl (C=O) groups is 1. The molecule has 0 saturated carbocycles. The topological polar surface area (TPSA) is 64.8 Å². The van der Waals surface area contributed by atoms with Gasteiger partial charge in [0.25, 0.3) is 5.91 Å². The van der Waals surface area contributed by atoms with Crippen molar-refractivity contribution in [3.8, 4) is 17.2 Å². The minimum absolute atomic E-state index is 0.294. The summed E-state index contributed by atoms with van der Waals surface area (Å²) < 4.78 is 13.5. The molecule has 1 amide bonds. The molecule has 0 unspecified atom stereocenters. The number of ether oxygens (including phenoxy) is 2. The minimum atomic E-state index is -0.294. The minimum Gasteiger partial charge on any atom is -0.493 e. The summed E-state index contributed by atoms with van der Waals surface area (Å²) in [5.74, 6) is 0.924. The number of methoxy groups -OCH3 is 1. The fraction of sp³-hybridized carbons (Fsp3) is 0.0667. The highest BCUT2D eigenvalue weighted by molar-refractivity contribution is 5.98. The van der Waals surface area contributed by atoms with Gasteiger partial charge in [-0.3, -0.25) is 4.79 Å². The number of fused-ring (bicyclic) bond motifs is 1. The van der Waals surface area contributed by atoms with Crippen molar-refractivity contribution >= 4 is 22.9 Å². The molecule has 0 saturated heterocycles. The number of benzene rings is 4. The molecule has 0 aliphatic rings. The molecule has 4 aromatic carbocycles. The van der Waals surface area contributed by atoms with E-state index in [9.17, 15) is 4.79 Å². The van der Waals surface area contributed by atoms with Gasteiger partial charge in [0.05, 0.1) is 24.6 Å². The van der Waals surface area contributed by atoms with Crippen LogP contribution in [0.1, 0.15) is 21.5 Å². The van der Waals surface area contributed by atoms with Gasteiger partial charge in [0, 0.05) is 12.4 Å². The third kappa shape index (κ3) is 4.98. The van der Waals surface area contributed by atoms with Crippen molar-refractivity contribution in [1.29, 1.82) is 0 Å². The van der Waals surface area contributed by atoms with Crippen LogP contribution < -0.4 is 14.9 Å². The van der Waals surface area contributed by atoms with Gasteiger partial charge in [0.1, 0.15) is 6.61 Å². The molecule has 1 aromatic heterocycles. The molecule has 1 N–H and O–H groups in total. The van der Waals surface area contributed by atoms with E-state index in [1.807, 2.05) is 83.7 Å². The second-order valence-corrected chi connectivity index (χ2v) is 8.14. The molecular weight excluding hydrogens is 450 g/mol. The highest BCUT2D eigenvalue weighted by Gasteiger charge is 2.11. The van der Waals surface area contributed by atoms with Gasteiger partial charge < -0.3 is 14.0 Å². The van der Waals surface area contributed by atoms with Gasteiger partial charge in [-0.15, -0.1) is 0 Å². The Morgan fingerprint density at radius 3 is 2.53 bits per heavy atom. The summed E-state index contributed by atoms with van der Waals surface area (Å²) in [5.41, 5.74) is 5.79. The number of amides is 1. The number of hydrazone groups is 1. The van der Waals surface area contributed by atoms with Gasteiger partial charge in [-0.05, 0) is 64.4 Å². The Balaban J connectivity index is 1.27. The van der Waals surface area contributed by atoms with Gasteiger partial charge >= 0.3 is 0 Å². The average Bonchev–Trinajstić information content (AvgIpc) is 3.47. The lowest BCUT2D eigenvalue weighted by molar-refractivity contribution is 0.0955. The van der Waals surface area contributed by atoms with E-state index in [1.165, 1.54) is 5.39 Å². The maximum Gasteiger partial charge on any atom is 0.273 e. The number of hydrogen-bond acceptors (Lipinski definition) is 4. The van der Waals surface area contributed by atoms with Crippen LogP contribution in [0.5, 0.6) is 11.5 Å². The molecule has 0 spiro atoms. The van der Waals surface area contributed by atoms with E-state index < -0.39 is 0 Å². The van der Waals surface area contributed by atoms with Crippen molar-refractivity contribution in [1.82, 2.24) is 9.99 Å². The van der Waals surface area contributed by atoms with Crippen LogP contribution in [0.2, 0.25) is 0 Å². The van der Waals surface area contributed by atoms with Crippen LogP contribution in [0.15, 0.2) is 115 Å². The number of rotatable bonds is 8. The van der Waals surface area contributed by atoms with Gasteiger partial charge in [0.2, 0.25) is 0 Å². The number of para-hydroxylation sites is 1. The van der Waals surface area contributed by atoms with Crippen molar-refractivity contribution in [2.45, 2.75) is 6.61 Å². The second-order valence-electron chi connectivity index (χ2n) is 8.14. The van der Waals surface area contributed by atoms with Gasteiger partial charge in [0.15, 0.2) is 11.5 Å². The molecule has 5 rings (SSSR count). The molecule has 0 fully saturated rings. The Kier molecular flexibility index (Phi) is 6.76. The molecule has 0 bridgehead atoms. The van der Waals surface area contributed by atoms with Crippen LogP contribution >= 0.6 is 0 Å². The first-order valence-corrected chi connectivity index (χ1v) is 11.6. The molecule has 6 heteroatoms. The standard InChI is InChI=1S/C30H25N3O3/c1-35-29-19-22(15-16-28(29)36-21-24-11-8-10-23-9-2-3-12-25(23)24)20-31-32-30(34)26-13-4-5-14-27(26)33-17-6-7-18-33/h2-20H,21H2,1H3,(H,32,34)/b31-20-. The number of carbonyl (C=O) groups excluding carboxylic acids is 1. The van der Waals surface area contributed by atoms with Crippen molar-refractivity contribution in [2.75, 3.05) is 7.11 Å². The molecule has 178 valence electrons. The predicted octanol–water partition coefficient (Wildman–Crippen LogP) is 5.98. The van der Waals surface area contributed by atoms with Crippen LogP contribution in [0, 0.1) is 0 Å². The number of nitrogens with one attached hydrogen (secondary N) is 1. The van der Waals surface area contributed by atoms with Gasteiger partial charge in [-0.2, -0.15) is 5.10 Å². The van der Waals surface area contributed by atoms with E-state index >= 15 is 0 Å². The molecule has 0 aliphatic heterocycles. The molecule has 0 radical (unpaired) electrons. The maximum absolute atomic E-state index is 12.8. The molecule has 6 nitrogen and oxygen atoms in total. The largest absolute Gasteiger partial charge is 0.493 e. The van der Waals surface area contributed by atoms with Crippen molar-refractivity contribution in [3.05, 3.63) is 126 Å². The van der Waals surface area contributed by atoms with Crippen LogP contribution in [0.25, 0.3) is 16.5 Å². The fourth-order valence-corrected chi connectivity index (χ4v) is 4.07. The zero-order valence-electron chi connectivity index (χ0n) is 19.8. The smallest absolute Gasteiger partial charge is 0.273 e. The second kappa shape index (κ2) is 10.6. The monoisotopic (exact) mass is 475 g/mol. The summed E-state index contributed by atoms with van der Waals surface area (Å²) >= 11 is 0. The summed E-state index contributed by atoms with van der Waals surface area (Å²) in [4.78, 5) is 12.8. The first-order valence-electron chi connectivity index (χ1n) is 11.6. The van der Waals surface area contributed by atoms with Gasteiger partial charge in [-0.1, -0.05) is 54.6 Å². The Morgan fingerprint density at radius 1 is 0.889 bits per heavy atom. The van der Waals surface area contributed by atoms with Crippen LogP contribution in [-0.2, 0) is 6.61 Å². The van der Waals surface area contributed by atoms with E-state index in [4.69, 9.17) is 9.47 Å². The summed E-state index contributed by atoms with van der Waals surface area (Å²) in [6.45, 7) is 0.419. The third-order valence-electron chi connectivity index (χ3n) is 5.86. The number of nitrogens with zero attached hydrogens (tertiary/aromatic N) is 2. The molecule has 5 aromatic rings. The lowest BCUT2D eigenvalue weighted by atomic mass is 10.1. The first kappa shape index (κ1) is 22.9. The highest BCUT2D eigenvalue weighted by Crippen LogP contribution is 2.29. The van der Waals surface area contributed by atoms with Crippen LogP contribution in [0.3, 0.4) is 0 Å². The Morgan fingerprint density at radius 2 is 1.67 bits per heavy atom. The first-order chi connectivity index (χ1) is 17.7. The van der Waals surface area contributed by atoms with E-state index in [-0.39, 0.29) is 5.91 Å². The highest BCUT2D eigenvalue weighted by atomic mass is 16.5. The van der Waals surface area contributed by atoms with Crippen molar-refractivity contribution in [2.24, 2.45) is 5.10 Å². The molecular formula is C30H25N3O3. The van der Waals surface area contributed by atoms with Crippen molar-refractivity contribution < 1.29 is 14.3 Å². The number of hydrogen-bond donors (Lipinski definition) is 1. The third-order valence-corrected chi connectivity index (χ3v) is 5.86. The lowest BCUT2D eigenvalue weighted by Crippen LogP contribution is -2.19. The molecule has 36 heavy (non-hydrogen) atoms. The maximum atomic E-state index is 12.8. The van der Waals surface area contributed by atoms with Crippen molar-refractivity contribution in [3.63, 3.8) is 0 Å². The van der Waals surface area contributed by atoms with E-state index in [2.05, 4.69) is 34.8 Å². The quantitative estimate of drug-likeness (QED) is 0.222. The van der Waals surface area contributed by atoms with Crippen LogP contribution in [0.4, 0.5) is 0 Å². The zero-order chi connectivity index (χ0) is 24.7. The lowest BCUT2D eigenvalue weighted by Gasteiger charge is -2.13. The Bertz CT molecular complexity index is 1520. The van der Waals surface area contributed by atoms with E-state index in [0.29, 0.717) is 23.7 Å². The Labute approximate surface area is 209 Å². The summed E-state index contributed by atoms with van der Waals surface area (Å²) in [7, 11) is 1.60. The number of aromatic nitrogens is 1. The van der Waals surface area contributed by atoms with E-state index in [1.54, 1.807) is 19.4 Å². The predicted molar refractivity (Wildman–Crippen MR) is 142 cm³/mol. The summed E-state index contributed by atoms with van der Waals surface area (Å²) in [6.07, 6.45) is 5.37. The van der Waals surface area contributed by atoms with E-state index in [0.717, 1.165) is 22.2 Å². The Hall–Kier alpha value is -4.84. The summed E-state index contributed by atoms with van der Waals surface area (Å²) in [6, 6.07) is 31.2. The van der Waals surface area contributed by atoms with Gasteiger partial charge in [-0.25, -0.2) is 5.43 Å². The average molecular weight is 476 g/mol.